The predicted molar refractivity (Wildman–Crippen MR) is 78.4 cm³/mol. The van der Waals surface area contributed by atoms with Gasteiger partial charge in [-0.2, -0.15) is 0 Å². The van der Waals surface area contributed by atoms with Gasteiger partial charge >= 0.3 is 0 Å². The summed E-state index contributed by atoms with van der Waals surface area (Å²) in [5.41, 5.74) is 0.483. The largest absolute Gasteiger partial charge is 0.323 e. The Balaban J connectivity index is 2.11. The van der Waals surface area contributed by atoms with Crippen LogP contribution in [0.1, 0.15) is 12.8 Å². The highest BCUT2D eigenvalue weighted by Crippen LogP contribution is 2.34. The fourth-order valence-corrected chi connectivity index (χ4v) is 3.27. The molecule has 2 rings (SSSR count). The summed E-state index contributed by atoms with van der Waals surface area (Å²) in [5, 5.41) is 6.89. The molecular weight excluding hydrogens is 339 g/mol. The fourth-order valence-electron chi connectivity index (χ4n) is 1.96. The smallest absolute Gasteiger partial charge is 0.228 e. The summed E-state index contributed by atoms with van der Waals surface area (Å²) in [6.07, 6.45) is 1.91. The normalized spacial score (nSPS) is 19.6. The average molecular weight is 352 g/mol. The van der Waals surface area contributed by atoms with Crippen LogP contribution in [0.25, 0.3) is 0 Å². The summed E-state index contributed by atoms with van der Waals surface area (Å²) < 4.78 is 0.787. The molecule has 1 aliphatic rings. The number of hydrogen-bond donors (Lipinski definition) is 2. The number of hydrogen-bond acceptors (Lipinski definition) is 2. The minimum Gasteiger partial charge on any atom is -0.323 e. The second kappa shape index (κ2) is 6.24. The van der Waals surface area contributed by atoms with Gasteiger partial charge in [0.1, 0.15) is 0 Å². The van der Waals surface area contributed by atoms with Crippen LogP contribution in [0.3, 0.4) is 0 Å². The van der Waals surface area contributed by atoms with Gasteiger partial charge in [0, 0.05) is 11.0 Å². The third kappa shape index (κ3) is 3.38. The maximum absolute atomic E-state index is 12.1. The Kier molecular flexibility index (Phi) is 4.90. The molecule has 1 amide bonds. The van der Waals surface area contributed by atoms with Crippen LogP contribution in [0.2, 0.25) is 10.0 Å². The summed E-state index contributed by atoms with van der Waals surface area (Å²) in [6, 6.07) is 3.42. The van der Waals surface area contributed by atoms with Gasteiger partial charge in [0.15, 0.2) is 0 Å². The Morgan fingerprint density at radius 2 is 2.06 bits per heavy atom. The van der Waals surface area contributed by atoms with Crippen molar-refractivity contribution in [2.45, 2.75) is 12.8 Å². The van der Waals surface area contributed by atoms with E-state index in [1.807, 2.05) is 0 Å². The zero-order valence-electron chi connectivity index (χ0n) is 9.60. The molecule has 1 aromatic carbocycles. The molecule has 0 spiro atoms. The number of nitrogens with one attached hydrogen (secondary N) is 2. The van der Waals surface area contributed by atoms with Gasteiger partial charge in [-0.25, -0.2) is 0 Å². The molecule has 1 saturated heterocycles. The minimum absolute atomic E-state index is 0.0190. The molecule has 18 heavy (non-hydrogen) atoms. The first-order valence-corrected chi connectivity index (χ1v) is 7.29. The van der Waals surface area contributed by atoms with E-state index in [9.17, 15) is 4.79 Å². The van der Waals surface area contributed by atoms with Crippen molar-refractivity contribution in [1.29, 1.82) is 0 Å². The van der Waals surface area contributed by atoms with E-state index >= 15 is 0 Å². The van der Waals surface area contributed by atoms with Crippen LogP contribution in [-0.4, -0.2) is 19.0 Å². The van der Waals surface area contributed by atoms with Crippen molar-refractivity contribution >= 4 is 50.7 Å². The molecule has 1 aliphatic heterocycles. The van der Waals surface area contributed by atoms with Gasteiger partial charge in [-0.1, -0.05) is 39.1 Å². The molecule has 0 saturated carbocycles. The van der Waals surface area contributed by atoms with Gasteiger partial charge in [-0.15, -0.1) is 0 Å². The van der Waals surface area contributed by atoms with Crippen molar-refractivity contribution in [3.63, 3.8) is 0 Å². The Bertz CT molecular complexity index is 438. The van der Waals surface area contributed by atoms with Gasteiger partial charge in [0.25, 0.3) is 0 Å². The zero-order chi connectivity index (χ0) is 13.1. The topological polar surface area (TPSA) is 41.1 Å². The SMILES string of the molecule is O=C(Nc1c(Cl)cc(Br)cc1Cl)[C@H]1CCCNC1. The lowest BCUT2D eigenvalue weighted by Gasteiger charge is -2.22. The quantitative estimate of drug-likeness (QED) is 0.853. The van der Waals surface area contributed by atoms with Crippen molar-refractivity contribution < 1.29 is 4.79 Å². The van der Waals surface area contributed by atoms with Crippen LogP contribution in [0.15, 0.2) is 16.6 Å². The van der Waals surface area contributed by atoms with E-state index in [0.29, 0.717) is 22.3 Å². The van der Waals surface area contributed by atoms with E-state index in [-0.39, 0.29) is 11.8 Å². The van der Waals surface area contributed by atoms with Crippen LogP contribution >= 0.6 is 39.1 Å². The molecule has 0 bridgehead atoms. The fraction of sp³-hybridized carbons (Fsp3) is 0.417. The summed E-state index contributed by atoms with van der Waals surface area (Å²) in [5.74, 6) is -0.0529. The molecule has 0 aliphatic carbocycles. The van der Waals surface area contributed by atoms with E-state index in [2.05, 4.69) is 26.6 Å². The predicted octanol–water partition coefficient (Wildman–Crippen LogP) is 3.69. The van der Waals surface area contributed by atoms with Crippen LogP contribution in [-0.2, 0) is 4.79 Å². The molecule has 0 radical (unpaired) electrons. The highest BCUT2D eigenvalue weighted by molar-refractivity contribution is 9.10. The van der Waals surface area contributed by atoms with Crippen LogP contribution in [0.5, 0.6) is 0 Å². The lowest BCUT2D eigenvalue weighted by molar-refractivity contribution is -0.120. The Morgan fingerprint density at radius 3 is 2.61 bits per heavy atom. The molecule has 1 heterocycles. The Hall–Kier alpha value is -0.290. The number of benzene rings is 1. The van der Waals surface area contributed by atoms with Crippen molar-refractivity contribution in [1.82, 2.24) is 5.32 Å². The summed E-state index contributed by atoms with van der Waals surface area (Å²) in [6.45, 7) is 1.68. The standard InChI is InChI=1S/C12H13BrCl2N2O/c13-8-4-9(14)11(10(15)5-8)17-12(18)7-2-1-3-16-6-7/h4-5,7,16H,1-3,6H2,(H,17,18)/t7-/m0/s1. The highest BCUT2D eigenvalue weighted by Gasteiger charge is 2.22. The van der Waals surface area contributed by atoms with Crippen molar-refractivity contribution in [3.8, 4) is 0 Å². The third-order valence-corrected chi connectivity index (χ3v) is 3.98. The number of carbonyl (C=O) groups excluding carboxylic acids is 1. The van der Waals surface area contributed by atoms with E-state index in [0.717, 1.165) is 23.9 Å². The monoisotopic (exact) mass is 350 g/mol. The van der Waals surface area contributed by atoms with Crippen LogP contribution in [0, 0.1) is 5.92 Å². The van der Waals surface area contributed by atoms with Gasteiger partial charge in [0.2, 0.25) is 5.91 Å². The molecule has 2 N–H and O–H groups in total. The second-order valence-corrected chi connectivity index (χ2v) is 6.01. The maximum atomic E-state index is 12.1. The molecule has 3 nitrogen and oxygen atoms in total. The molecule has 1 atom stereocenters. The van der Waals surface area contributed by atoms with E-state index in [1.165, 1.54) is 0 Å². The number of anilines is 1. The summed E-state index contributed by atoms with van der Waals surface area (Å²) in [7, 11) is 0. The van der Waals surface area contributed by atoms with Gasteiger partial charge in [0.05, 0.1) is 21.7 Å². The molecular formula is C12H13BrCl2N2O. The first kappa shape index (κ1) is 14.1. The van der Waals surface area contributed by atoms with Crippen molar-refractivity contribution in [3.05, 3.63) is 26.7 Å². The zero-order valence-corrected chi connectivity index (χ0v) is 12.7. The Morgan fingerprint density at radius 1 is 1.39 bits per heavy atom. The maximum Gasteiger partial charge on any atom is 0.228 e. The second-order valence-electron chi connectivity index (χ2n) is 4.28. The van der Waals surface area contributed by atoms with E-state index in [4.69, 9.17) is 23.2 Å². The first-order chi connectivity index (χ1) is 8.58. The molecule has 98 valence electrons. The lowest BCUT2D eigenvalue weighted by Crippen LogP contribution is -2.37. The van der Waals surface area contributed by atoms with Crippen LogP contribution in [0.4, 0.5) is 5.69 Å². The molecule has 0 unspecified atom stereocenters. The molecule has 0 aromatic heterocycles. The minimum atomic E-state index is -0.0340. The third-order valence-electron chi connectivity index (χ3n) is 2.92. The van der Waals surface area contributed by atoms with Gasteiger partial charge < -0.3 is 10.6 Å². The van der Waals surface area contributed by atoms with E-state index in [1.54, 1.807) is 12.1 Å². The van der Waals surface area contributed by atoms with Gasteiger partial charge in [-0.05, 0) is 31.5 Å². The molecule has 1 fully saturated rings. The number of amides is 1. The van der Waals surface area contributed by atoms with Crippen molar-refractivity contribution in [2.24, 2.45) is 5.92 Å². The van der Waals surface area contributed by atoms with Crippen molar-refractivity contribution in [2.75, 3.05) is 18.4 Å². The first-order valence-electron chi connectivity index (χ1n) is 5.74. The number of piperidine rings is 1. The van der Waals surface area contributed by atoms with E-state index < -0.39 is 0 Å². The average Bonchev–Trinajstić information content (AvgIpc) is 2.34. The number of halogens is 3. The number of carbonyl (C=O) groups is 1. The Labute approximate surface area is 124 Å². The van der Waals surface area contributed by atoms with Gasteiger partial charge in [-0.3, -0.25) is 4.79 Å². The summed E-state index contributed by atoms with van der Waals surface area (Å²) >= 11 is 15.4. The number of rotatable bonds is 2. The van der Waals surface area contributed by atoms with Crippen LogP contribution < -0.4 is 10.6 Å². The highest BCUT2D eigenvalue weighted by atomic mass is 79.9. The molecule has 6 heteroatoms. The summed E-state index contributed by atoms with van der Waals surface area (Å²) in [4.78, 5) is 12.1. The molecule has 1 aromatic rings. The lowest BCUT2D eigenvalue weighted by atomic mass is 9.99.